The highest BCUT2D eigenvalue weighted by atomic mass is 16.2. The number of amides is 2. The van der Waals surface area contributed by atoms with E-state index in [1.165, 1.54) is 0 Å². The van der Waals surface area contributed by atoms with E-state index in [1.54, 1.807) is 31.2 Å². The number of hydrogen-bond acceptors (Lipinski definition) is 3. The van der Waals surface area contributed by atoms with E-state index in [0.717, 1.165) is 0 Å². The fourth-order valence-electron chi connectivity index (χ4n) is 1.39. The van der Waals surface area contributed by atoms with Crippen LogP contribution in [0.15, 0.2) is 24.3 Å². The Kier molecular flexibility index (Phi) is 4.71. The Balaban J connectivity index is 2.59. The summed E-state index contributed by atoms with van der Waals surface area (Å²) in [5, 5.41) is 5.36. The van der Waals surface area contributed by atoms with Gasteiger partial charge in [-0.05, 0) is 45.0 Å². The predicted molar refractivity (Wildman–Crippen MR) is 71.1 cm³/mol. The molecular formula is C13H19N3O2. The molecule has 5 heteroatoms. The van der Waals surface area contributed by atoms with Crippen LogP contribution in [0.3, 0.4) is 0 Å². The van der Waals surface area contributed by atoms with Gasteiger partial charge in [-0.25, -0.2) is 0 Å². The summed E-state index contributed by atoms with van der Waals surface area (Å²) in [5.41, 5.74) is 6.61. The number of carbonyl (C=O) groups is 2. The lowest BCUT2D eigenvalue weighted by atomic mass is 10.2. The molecule has 0 bridgehead atoms. The van der Waals surface area contributed by atoms with Gasteiger partial charge in [-0.2, -0.15) is 0 Å². The van der Waals surface area contributed by atoms with Gasteiger partial charge in [0.15, 0.2) is 0 Å². The van der Waals surface area contributed by atoms with Gasteiger partial charge >= 0.3 is 0 Å². The van der Waals surface area contributed by atoms with Crippen molar-refractivity contribution in [3.8, 4) is 0 Å². The monoisotopic (exact) mass is 249 g/mol. The first-order valence-corrected chi connectivity index (χ1v) is 5.87. The molecule has 0 heterocycles. The van der Waals surface area contributed by atoms with Gasteiger partial charge < -0.3 is 16.4 Å². The van der Waals surface area contributed by atoms with Crippen LogP contribution in [-0.2, 0) is 4.79 Å². The first-order valence-electron chi connectivity index (χ1n) is 5.87. The average molecular weight is 249 g/mol. The molecule has 1 unspecified atom stereocenters. The van der Waals surface area contributed by atoms with Crippen LogP contribution < -0.4 is 16.4 Å². The van der Waals surface area contributed by atoms with Crippen molar-refractivity contribution >= 4 is 17.5 Å². The second-order valence-electron chi connectivity index (χ2n) is 4.48. The first kappa shape index (κ1) is 14.0. The van der Waals surface area contributed by atoms with Crippen LogP contribution in [0.2, 0.25) is 0 Å². The Morgan fingerprint density at radius 2 is 1.61 bits per heavy atom. The molecule has 1 rings (SSSR count). The number of nitrogens with two attached hydrogens (primary N) is 1. The second-order valence-corrected chi connectivity index (χ2v) is 4.48. The summed E-state index contributed by atoms with van der Waals surface area (Å²) in [7, 11) is 0. The molecule has 1 atom stereocenters. The molecule has 0 saturated heterocycles. The molecule has 98 valence electrons. The Morgan fingerprint density at radius 3 is 2.11 bits per heavy atom. The Hall–Kier alpha value is -2.04. The minimum Gasteiger partial charge on any atom is -0.399 e. The summed E-state index contributed by atoms with van der Waals surface area (Å²) in [6.07, 6.45) is 0. The Bertz CT molecular complexity index is 426. The summed E-state index contributed by atoms with van der Waals surface area (Å²) in [6, 6.07) is 6.02. The van der Waals surface area contributed by atoms with E-state index in [4.69, 9.17) is 5.73 Å². The van der Waals surface area contributed by atoms with Crippen LogP contribution >= 0.6 is 0 Å². The molecule has 18 heavy (non-hydrogen) atoms. The van der Waals surface area contributed by atoms with Crippen molar-refractivity contribution in [1.29, 1.82) is 0 Å². The molecular weight excluding hydrogens is 230 g/mol. The van der Waals surface area contributed by atoms with Crippen molar-refractivity contribution in [2.24, 2.45) is 0 Å². The van der Waals surface area contributed by atoms with Gasteiger partial charge in [-0.15, -0.1) is 0 Å². The summed E-state index contributed by atoms with van der Waals surface area (Å²) in [4.78, 5) is 23.5. The highest BCUT2D eigenvalue weighted by Crippen LogP contribution is 2.05. The van der Waals surface area contributed by atoms with E-state index in [0.29, 0.717) is 11.3 Å². The molecule has 0 aliphatic rings. The predicted octanol–water partition coefficient (Wildman–Crippen LogP) is 0.912. The van der Waals surface area contributed by atoms with Gasteiger partial charge in [0.25, 0.3) is 5.91 Å². The highest BCUT2D eigenvalue weighted by Gasteiger charge is 2.16. The molecule has 0 spiro atoms. The van der Waals surface area contributed by atoms with E-state index in [1.807, 2.05) is 13.8 Å². The fraction of sp³-hybridized carbons (Fsp3) is 0.385. The molecule has 1 aromatic rings. The lowest BCUT2D eigenvalue weighted by molar-refractivity contribution is -0.123. The van der Waals surface area contributed by atoms with Crippen LogP contribution in [-0.4, -0.2) is 23.9 Å². The summed E-state index contributed by atoms with van der Waals surface area (Å²) in [6.45, 7) is 5.38. The molecule has 1 aromatic carbocycles. The molecule has 4 N–H and O–H groups in total. The topological polar surface area (TPSA) is 84.2 Å². The lowest BCUT2D eigenvalue weighted by Gasteiger charge is -2.16. The number of rotatable bonds is 4. The minimum atomic E-state index is -0.572. The molecule has 0 aliphatic heterocycles. The second kappa shape index (κ2) is 6.05. The van der Waals surface area contributed by atoms with Gasteiger partial charge in [0.05, 0.1) is 0 Å². The number of nitrogen functional groups attached to an aromatic ring is 1. The van der Waals surface area contributed by atoms with Crippen molar-refractivity contribution in [3.63, 3.8) is 0 Å². The van der Waals surface area contributed by atoms with E-state index >= 15 is 0 Å². The standard InChI is InChI=1S/C13H19N3O2/c1-8(2)15-12(17)9(3)16-13(18)10-4-6-11(14)7-5-10/h4-9H,14H2,1-3H3,(H,15,17)(H,16,18). The average Bonchev–Trinajstić information content (AvgIpc) is 2.28. The SMILES string of the molecule is CC(C)NC(=O)C(C)NC(=O)c1ccc(N)cc1. The quantitative estimate of drug-likeness (QED) is 0.693. The molecule has 0 aromatic heterocycles. The Labute approximate surface area is 107 Å². The summed E-state index contributed by atoms with van der Waals surface area (Å²) in [5.74, 6) is -0.491. The molecule has 0 fully saturated rings. The number of nitrogens with one attached hydrogen (secondary N) is 2. The number of hydrogen-bond donors (Lipinski definition) is 3. The van der Waals surface area contributed by atoms with Gasteiger partial charge in [0.2, 0.25) is 5.91 Å². The molecule has 0 aliphatic carbocycles. The van der Waals surface area contributed by atoms with Gasteiger partial charge in [0.1, 0.15) is 6.04 Å². The van der Waals surface area contributed by atoms with E-state index in [2.05, 4.69) is 10.6 Å². The molecule has 0 saturated carbocycles. The van der Waals surface area contributed by atoms with Crippen molar-refractivity contribution in [3.05, 3.63) is 29.8 Å². The van der Waals surface area contributed by atoms with Crippen molar-refractivity contribution in [2.45, 2.75) is 32.9 Å². The molecule has 5 nitrogen and oxygen atoms in total. The zero-order chi connectivity index (χ0) is 13.7. The maximum Gasteiger partial charge on any atom is 0.251 e. The normalized spacial score (nSPS) is 12.0. The van der Waals surface area contributed by atoms with Crippen LogP contribution in [0.5, 0.6) is 0 Å². The van der Waals surface area contributed by atoms with Gasteiger partial charge in [0, 0.05) is 17.3 Å². The van der Waals surface area contributed by atoms with Crippen molar-refractivity contribution < 1.29 is 9.59 Å². The number of carbonyl (C=O) groups excluding carboxylic acids is 2. The largest absolute Gasteiger partial charge is 0.399 e. The van der Waals surface area contributed by atoms with Crippen molar-refractivity contribution in [2.75, 3.05) is 5.73 Å². The maximum absolute atomic E-state index is 11.8. The third kappa shape index (κ3) is 4.08. The third-order valence-corrected chi connectivity index (χ3v) is 2.34. The van der Waals surface area contributed by atoms with E-state index in [9.17, 15) is 9.59 Å². The zero-order valence-corrected chi connectivity index (χ0v) is 10.9. The lowest BCUT2D eigenvalue weighted by Crippen LogP contribution is -2.46. The fourth-order valence-corrected chi connectivity index (χ4v) is 1.39. The first-order chi connectivity index (χ1) is 8.40. The van der Waals surface area contributed by atoms with Crippen LogP contribution in [0.1, 0.15) is 31.1 Å². The van der Waals surface area contributed by atoms with Gasteiger partial charge in [-0.3, -0.25) is 9.59 Å². The minimum absolute atomic E-state index is 0.0494. The summed E-state index contributed by atoms with van der Waals surface area (Å²) < 4.78 is 0. The number of benzene rings is 1. The number of anilines is 1. The van der Waals surface area contributed by atoms with E-state index < -0.39 is 6.04 Å². The Morgan fingerprint density at radius 1 is 1.06 bits per heavy atom. The summed E-state index contributed by atoms with van der Waals surface area (Å²) >= 11 is 0. The van der Waals surface area contributed by atoms with Crippen LogP contribution in [0, 0.1) is 0 Å². The van der Waals surface area contributed by atoms with Crippen LogP contribution in [0.4, 0.5) is 5.69 Å². The molecule has 0 radical (unpaired) electrons. The zero-order valence-electron chi connectivity index (χ0n) is 10.9. The van der Waals surface area contributed by atoms with E-state index in [-0.39, 0.29) is 17.9 Å². The maximum atomic E-state index is 11.8. The molecule has 2 amide bonds. The highest BCUT2D eigenvalue weighted by molar-refractivity contribution is 5.97. The van der Waals surface area contributed by atoms with Gasteiger partial charge in [-0.1, -0.05) is 0 Å². The van der Waals surface area contributed by atoms with Crippen molar-refractivity contribution in [1.82, 2.24) is 10.6 Å². The third-order valence-electron chi connectivity index (χ3n) is 2.34. The van der Waals surface area contributed by atoms with Crippen LogP contribution in [0.25, 0.3) is 0 Å². The smallest absolute Gasteiger partial charge is 0.251 e.